The van der Waals surface area contributed by atoms with Crippen molar-refractivity contribution in [3.63, 3.8) is 0 Å². The third-order valence-electron chi connectivity index (χ3n) is 1.70. The zero-order chi connectivity index (χ0) is 10.7. The van der Waals surface area contributed by atoms with E-state index in [9.17, 15) is 13.6 Å². The number of benzene rings is 1. The Balaban J connectivity index is 3.05. The van der Waals surface area contributed by atoms with Gasteiger partial charge in [0.2, 0.25) is 0 Å². The summed E-state index contributed by atoms with van der Waals surface area (Å²) in [6.07, 6.45) is 0. The fourth-order valence-corrected chi connectivity index (χ4v) is 0.949. The summed E-state index contributed by atoms with van der Waals surface area (Å²) >= 11 is 0. The van der Waals surface area contributed by atoms with Crippen molar-refractivity contribution in [1.29, 1.82) is 0 Å². The van der Waals surface area contributed by atoms with Gasteiger partial charge in [-0.3, -0.25) is 10.3 Å². The van der Waals surface area contributed by atoms with Gasteiger partial charge in [0, 0.05) is 13.1 Å². The van der Waals surface area contributed by atoms with Gasteiger partial charge in [0.25, 0.3) is 0 Å². The number of nitrogens with two attached hydrogens (primary N) is 1. The van der Waals surface area contributed by atoms with Gasteiger partial charge in [-0.25, -0.2) is 19.4 Å². The van der Waals surface area contributed by atoms with Crippen LogP contribution in [0.1, 0.15) is 0 Å². The highest BCUT2D eigenvalue weighted by atomic mass is 19.1. The lowest BCUT2D eigenvalue weighted by Gasteiger charge is -2.16. The second kappa shape index (κ2) is 4.01. The Morgan fingerprint density at radius 2 is 2.14 bits per heavy atom. The van der Waals surface area contributed by atoms with E-state index in [2.05, 4.69) is 0 Å². The molecule has 76 valence electrons. The number of amides is 2. The number of nitrogens with one attached hydrogen (secondary N) is 1. The van der Waals surface area contributed by atoms with Gasteiger partial charge < -0.3 is 0 Å². The van der Waals surface area contributed by atoms with Crippen LogP contribution in [0.3, 0.4) is 0 Å². The summed E-state index contributed by atoms with van der Waals surface area (Å²) < 4.78 is 25.8. The van der Waals surface area contributed by atoms with Gasteiger partial charge in [-0.2, -0.15) is 0 Å². The van der Waals surface area contributed by atoms with E-state index in [0.717, 1.165) is 23.1 Å². The molecule has 1 rings (SSSR count). The van der Waals surface area contributed by atoms with Crippen molar-refractivity contribution in [2.45, 2.75) is 0 Å². The van der Waals surface area contributed by atoms with Crippen molar-refractivity contribution in [2.75, 3.05) is 11.9 Å². The molecule has 0 aliphatic rings. The third-order valence-corrected chi connectivity index (χ3v) is 1.70. The van der Waals surface area contributed by atoms with E-state index in [-0.39, 0.29) is 5.69 Å². The van der Waals surface area contributed by atoms with Crippen LogP contribution >= 0.6 is 0 Å². The van der Waals surface area contributed by atoms with Gasteiger partial charge in [0.05, 0.1) is 5.69 Å². The van der Waals surface area contributed by atoms with Crippen molar-refractivity contribution in [3.8, 4) is 0 Å². The lowest BCUT2D eigenvalue weighted by Crippen LogP contribution is -2.41. The van der Waals surface area contributed by atoms with Crippen LogP contribution in [0.4, 0.5) is 19.3 Å². The third kappa shape index (κ3) is 1.97. The van der Waals surface area contributed by atoms with Crippen LogP contribution in [-0.2, 0) is 0 Å². The van der Waals surface area contributed by atoms with Crippen LogP contribution in [0.5, 0.6) is 0 Å². The Bertz CT molecular complexity index is 356. The summed E-state index contributed by atoms with van der Waals surface area (Å²) in [6, 6.07) is 2.08. The lowest BCUT2D eigenvalue weighted by molar-refractivity contribution is 0.247. The Morgan fingerprint density at radius 3 is 2.71 bits per heavy atom. The molecule has 0 atom stereocenters. The summed E-state index contributed by atoms with van der Waals surface area (Å²) in [5, 5.41) is 0. The Kier molecular flexibility index (Phi) is 2.98. The predicted molar refractivity (Wildman–Crippen MR) is 47.5 cm³/mol. The molecule has 0 saturated heterocycles. The smallest absolute Gasteiger partial charge is 0.293 e. The number of hydrogen-bond donors (Lipinski definition) is 2. The van der Waals surface area contributed by atoms with E-state index in [1.807, 2.05) is 5.43 Å². The van der Waals surface area contributed by atoms with E-state index in [1.165, 1.54) is 7.05 Å². The number of carbonyl (C=O) groups is 1. The van der Waals surface area contributed by atoms with E-state index < -0.39 is 17.7 Å². The van der Waals surface area contributed by atoms with Crippen molar-refractivity contribution in [3.05, 3.63) is 29.8 Å². The van der Waals surface area contributed by atoms with E-state index in [1.54, 1.807) is 0 Å². The number of hydrogen-bond acceptors (Lipinski definition) is 2. The van der Waals surface area contributed by atoms with Crippen LogP contribution < -0.4 is 16.2 Å². The summed E-state index contributed by atoms with van der Waals surface area (Å²) in [5.74, 6) is 3.52. The number of urea groups is 1. The molecule has 0 aromatic heterocycles. The van der Waals surface area contributed by atoms with E-state index in [0.29, 0.717) is 0 Å². The molecule has 0 fully saturated rings. The van der Waals surface area contributed by atoms with E-state index >= 15 is 0 Å². The van der Waals surface area contributed by atoms with Gasteiger partial charge in [0.15, 0.2) is 0 Å². The number of rotatable bonds is 1. The van der Waals surface area contributed by atoms with Gasteiger partial charge in [-0.15, -0.1) is 0 Å². The summed E-state index contributed by atoms with van der Waals surface area (Å²) in [4.78, 5) is 11.8. The molecule has 0 unspecified atom stereocenters. The number of hydrazine groups is 1. The van der Waals surface area contributed by atoms with Crippen LogP contribution in [0.25, 0.3) is 0 Å². The minimum absolute atomic E-state index is 0.173. The summed E-state index contributed by atoms with van der Waals surface area (Å²) in [7, 11) is 1.28. The van der Waals surface area contributed by atoms with Crippen molar-refractivity contribution < 1.29 is 13.6 Å². The molecule has 0 bridgehead atoms. The summed E-state index contributed by atoms with van der Waals surface area (Å²) in [6.45, 7) is 0. The molecule has 2 amide bonds. The second-order valence-corrected chi connectivity index (χ2v) is 2.60. The standard InChI is InChI=1S/C8H9F2N3O/c1-13(8(14)12-11)7-4-5(9)2-3-6(7)10/h2-4H,11H2,1H3,(H,12,14). The van der Waals surface area contributed by atoms with Crippen LogP contribution in [-0.4, -0.2) is 13.1 Å². The Morgan fingerprint density at radius 1 is 1.50 bits per heavy atom. The molecular weight excluding hydrogens is 192 g/mol. The molecule has 0 aliphatic carbocycles. The maximum Gasteiger partial charge on any atom is 0.335 e. The van der Waals surface area contributed by atoms with Crippen LogP contribution in [0.2, 0.25) is 0 Å². The molecular formula is C8H9F2N3O. The number of nitrogens with zero attached hydrogens (tertiary/aromatic N) is 1. The first-order valence-corrected chi connectivity index (χ1v) is 3.75. The molecule has 3 N–H and O–H groups in total. The zero-order valence-corrected chi connectivity index (χ0v) is 7.42. The van der Waals surface area contributed by atoms with Crippen molar-refractivity contribution in [1.82, 2.24) is 5.43 Å². The van der Waals surface area contributed by atoms with Gasteiger partial charge in [0.1, 0.15) is 11.6 Å². The molecule has 4 nitrogen and oxygen atoms in total. The molecule has 1 aromatic rings. The highest BCUT2D eigenvalue weighted by molar-refractivity contribution is 5.91. The van der Waals surface area contributed by atoms with Gasteiger partial charge in [-0.1, -0.05) is 0 Å². The topological polar surface area (TPSA) is 58.4 Å². The number of anilines is 1. The van der Waals surface area contributed by atoms with Gasteiger partial charge in [-0.05, 0) is 12.1 Å². The molecule has 0 radical (unpaired) electrons. The first-order chi connectivity index (χ1) is 6.56. The molecule has 0 heterocycles. The number of halogens is 2. The minimum atomic E-state index is -0.727. The SMILES string of the molecule is CN(C(=O)NN)c1cc(F)ccc1F. The molecule has 0 saturated carbocycles. The fourth-order valence-electron chi connectivity index (χ4n) is 0.949. The van der Waals surface area contributed by atoms with Gasteiger partial charge >= 0.3 is 6.03 Å². The largest absolute Gasteiger partial charge is 0.335 e. The zero-order valence-electron chi connectivity index (χ0n) is 7.42. The van der Waals surface area contributed by atoms with E-state index in [4.69, 9.17) is 5.84 Å². The molecule has 0 spiro atoms. The first-order valence-electron chi connectivity index (χ1n) is 3.75. The fraction of sp³-hybridized carbons (Fsp3) is 0.125. The molecule has 0 aliphatic heterocycles. The average Bonchev–Trinajstić information content (AvgIpc) is 2.19. The molecule has 1 aromatic carbocycles. The maximum atomic E-state index is 13.1. The maximum absolute atomic E-state index is 13.1. The normalized spacial score (nSPS) is 9.71. The quantitative estimate of drug-likeness (QED) is 0.404. The van der Waals surface area contributed by atoms with Crippen LogP contribution in [0.15, 0.2) is 18.2 Å². The predicted octanol–water partition coefficient (Wildman–Crippen LogP) is 0.984. The summed E-state index contributed by atoms with van der Waals surface area (Å²) in [5.41, 5.74) is 1.63. The highest BCUT2D eigenvalue weighted by Crippen LogP contribution is 2.18. The Hall–Kier alpha value is -1.69. The molecule has 14 heavy (non-hydrogen) atoms. The number of carbonyl (C=O) groups excluding carboxylic acids is 1. The van der Waals surface area contributed by atoms with Crippen molar-refractivity contribution in [2.24, 2.45) is 5.84 Å². The average molecular weight is 201 g/mol. The van der Waals surface area contributed by atoms with Crippen LogP contribution in [0, 0.1) is 11.6 Å². The highest BCUT2D eigenvalue weighted by Gasteiger charge is 2.14. The second-order valence-electron chi connectivity index (χ2n) is 2.60. The minimum Gasteiger partial charge on any atom is -0.293 e. The van der Waals surface area contributed by atoms with Crippen molar-refractivity contribution >= 4 is 11.7 Å². The monoisotopic (exact) mass is 201 g/mol. The first kappa shape index (κ1) is 10.4. The Labute approximate surface area is 79.3 Å². The lowest BCUT2D eigenvalue weighted by atomic mass is 10.3. The molecule has 6 heteroatoms.